The van der Waals surface area contributed by atoms with Crippen LogP contribution >= 0.6 is 0 Å². The Morgan fingerprint density at radius 1 is 0.390 bits per heavy atom. The number of benzene rings is 5. The standard InChI is InChI=1S/C27H31N2O.C26H29N2O.C26H31N2O.C23H25N2O.C21H21N2O.C3H4/c1-17(2)20-11-15-24(29(4)16-20)25-18(3)10-12-21-22-13-14-23(19-8-6-5-7-9-19)28-27(22)30-26(21)25;1-16(2)19-10-14-23(28(4)15-19)24-17(3)9-11-20-21-12-13-22(18-7-5-6-8-18)27-26(21)29-25(20)24;1-16(2)18-9-13-22(28(7)15-18)23-17(3)8-11-20-21-12-10-19(14-26(4,5)6)27-25(21)29-24(20)23;1-6-17-9-11-19-18-10-7-15(4)21(22(18)26-23(19)24-17)20-12-8-16(14(2)3)13-25(20)5;1-13(2)15-8-10-18(23(4)12-15)19-14(3)7-9-16-17-6-5-11-22-21(17)24-20(16)19;1-3-2/h10-17,19H,5-9H2,1-4H3;9-16,18H,5-8H2,1-4H3;8-13,15-16H,14H2,1-7H3;7-14H,6H2,1-5H3;5-13H,1-4H3;1H,2H3/q5*+1;/i8D2,9D2,19D;7D2,18D;4D3,5D3;2D3,14D;1D3,11D,13D;. The smallest absolute Gasteiger partial charge is 0.227 e. The van der Waals surface area contributed by atoms with Crippen molar-refractivity contribution in [1.29, 1.82) is 0 Å². The third kappa shape index (κ3) is 20.3. The van der Waals surface area contributed by atoms with Gasteiger partial charge < -0.3 is 22.1 Å². The molecule has 0 N–H and O–H groups in total. The zero-order chi connectivity index (χ0) is 120. The normalized spacial score (nSPS) is 19.0. The number of aryl methyl sites for hydroxylation is 11. The third-order valence-corrected chi connectivity index (χ3v) is 26.8. The van der Waals surface area contributed by atoms with Crippen LogP contribution in [0, 0.1) is 52.4 Å². The van der Waals surface area contributed by atoms with E-state index < -0.39 is 75.5 Å². The number of aromatic nitrogens is 10. The number of fused-ring (bicyclic) bond motifs is 15. The number of hydrogen-bond acceptors (Lipinski definition) is 10. The molecule has 2 aliphatic carbocycles. The van der Waals surface area contributed by atoms with Crippen molar-refractivity contribution in [2.24, 2.45) is 40.7 Å². The Balaban J connectivity index is 0.000000137. The zero-order valence-electron chi connectivity index (χ0n) is 108. The molecule has 2 aliphatic rings. The van der Waals surface area contributed by atoms with Gasteiger partial charge in [-0.3, -0.25) is 0 Å². The van der Waals surface area contributed by atoms with Gasteiger partial charge in [-0.05, 0) is 234 Å². The van der Waals surface area contributed by atoms with Crippen LogP contribution in [0.1, 0.15) is 312 Å². The van der Waals surface area contributed by atoms with Gasteiger partial charge >= 0.3 is 0 Å². The molecule has 141 heavy (non-hydrogen) atoms. The zero-order valence-corrected chi connectivity index (χ0v) is 84.7. The summed E-state index contributed by atoms with van der Waals surface area (Å²) in [6.07, 6.45) is 11.7. The Bertz CT molecular complexity index is 9270. The van der Waals surface area contributed by atoms with Gasteiger partial charge in [0, 0.05) is 183 Å². The highest BCUT2D eigenvalue weighted by Crippen LogP contribution is 2.46. The van der Waals surface area contributed by atoms with E-state index in [1.165, 1.54) is 37.5 Å². The van der Waals surface area contributed by atoms with Crippen LogP contribution in [-0.2, 0) is 48.1 Å². The summed E-state index contributed by atoms with van der Waals surface area (Å²) in [4.78, 5) is 22.7. The lowest BCUT2D eigenvalue weighted by atomic mass is 9.86. The molecule has 20 aromatic rings. The van der Waals surface area contributed by atoms with Crippen molar-refractivity contribution in [3.8, 4) is 68.6 Å². The van der Waals surface area contributed by atoms with Crippen LogP contribution in [-0.4, -0.2) is 24.9 Å². The molecular formula is C126H141N10O5+5. The summed E-state index contributed by atoms with van der Waals surface area (Å²) in [5.41, 5.74) is 25.2. The molecule has 15 nitrogen and oxygen atoms in total. The first-order chi connectivity index (χ1) is 76.6. The minimum absolute atomic E-state index is 0.0730. The Labute approximate surface area is 864 Å². The van der Waals surface area contributed by atoms with Crippen LogP contribution < -0.4 is 22.8 Å². The second-order valence-corrected chi connectivity index (χ2v) is 38.5. The van der Waals surface area contributed by atoms with E-state index >= 15 is 0 Å². The van der Waals surface area contributed by atoms with Gasteiger partial charge in [-0.1, -0.05) is 189 Å². The van der Waals surface area contributed by atoms with E-state index in [4.69, 9.17) is 53.6 Å². The summed E-state index contributed by atoms with van der Waals surface area (Å²) in [5, 5.41) is 8.98. The molecule has 0 amide bonds. The molecule has 22 rings (SSSR count). The Kier molecular flexibility index (Phi) is 21.6. The van der Waals surface area contributed by atoms with Gasteiger partial charge in [0.15, 0.2) is 58.9 Å². The number of hydrogen-bond donors (Lipinski definition) is 0. The molecule has 0 aliphatic heterocycles. The second-order valence-electron chi connectivity index (χ2n) is 38.5. The van der Waals surface area contributed by atoms with Crippen molar-refractivity contribution in [3.05, 3.63) is 298 Å². The summed E-state index contributed by atoms with van der Waals surface area (Å²) < 4.78 is 228. The molecule has 0 spiro atoms. The van der Waals surface area contributed by atoms with Crippen LogP contribution in [0.25, 0.3) is 167 Å². The monoisotopic (exact) mass is 1900 g/mol. The summed E-state index contributed by atoms with van der Waals surface area (Å²) in [7, 11) is 9.79. The van der Waals surface area contributed by atoms with Gasteiger partial charge in [-0.25, -0.2) is 47.8 Å². The predicted molar refractivity (Wildman–Crippen MR) is 579 cm³/mol. The van der Waals surface area contributed by atoms with E-state index in [-0.39, 0.29) is 31.1 Å². The molecule has 3 unspecified atom stereocenters. The first kappa shape index (κ1) is 73.3. The fourth-order valence-electron chi connectivity index (χ4n) is 19.1. The maximum atomic E-state index is 9.01. The number of furan rings is 5. The van der Waals surface area contributed by atoms with Gasteiger partial charge in [0.05, 0.1) is 29.2 Å². The van der Waals surface area contributed by atoms with Crippen molar-refractivity contribution < 1.29 is 76.4 Å². The molecule has 3 atom stereocenters. The number of nitrogens with zero attached hydrogens (tertiary/aromatic N) is 10. The topological polar surface area (TPSA) is 150 Å². The molecule has 0 saturated heterocycles. The lowest BCUT2D eigenvalue weighted by Crippen LogP contribution is -2.31. The summed E-state index contributed by atoms with van der Waals surface area (Å²) in [6, 6.07) is 58.5. The fourth-order valence-corrected chi connectivity index (χ4v) is 19.1. The quantitative estimate of drug-likeness (QED) is 0.0760. The van der Waals surface area contributed by atoms with E-state index in [9.17, 15) is 0 Å². The van der Waals surface area contributed by atoms with E-state index in [1.807, 2.05) is 132 Å². The van der Waals surface area contributed by atoms with Crippen molar-refractivity contribution in [3.63, 3.8) is 0 Å². The van der Waals surface area contributed by atoms with Gasteiger partial charge in [0.2, 0.25) is 57.0 Å². The SMILES string of the molecule is C#CC.[2H]C([2H])([2H])C(C)(Cc1ccc2c(n1)oc1c(-c3ccc(C(C)C)c[n+]3C)c(C)ccc12)C([2H])([2H])[2H].[2H]C([2H])([2H])C([2H])(C)c1ccc(-c2c(C)ccc3c2oc2nc(CC)ccc23)[n+](C)c1.[2H]C1([2H])CCCC([2H])([2H])C1([2H])c1ccc2c(n1)oc1c(-c3ccc(C(C)C)c[n+]3C)c(C)ccc12.[2H]C1([2H])CCCC1([2H])c1ccc2c(n1)oc1c(-c3ccc(C(C)C)c[n+]3C)c(C)ccc12.[2H]c1ccc2c(n1)oc1c(-c3ccc(C([2H])(C)C([2H])([2H])[2H])c[n+]3C)c(C)ccc12. The average molecular weight is 1900 g/mol. The van der Waals surface area contributed by atoms with Crippen LogP contribution in [0.5, 0.6) is 0 Å². The highest BCUT2D eigenvalue weighted by Gasteiger charge is 2.31. The van der Waals surface area contributed by atoms with Gasteiger partial charge in [0.1, 0.15) is 35.2 Å². The van der Waals surface area contributed by atoms with Gasteiger partial charge in [-0.15, -0.1) is 12.3 Å². The molecule has 15 heterocycles. The Morgan fingerprint density at radius 3 is 1.02 bits per heavy atom. The first-order valence-electron chi connectivity index (χ1n) is 60.1. The molecule has 2 saturated carbocycles. The predicted octanol–water partition coefficient (Wildman–Crippen LogP) is 31.0. The average Bonchev–Trinajstić information content (AvgIpc) is 1.35. The van der Waals surface area contributed by atoms with Crippen molar-refractivity contribution in [2.45, 2.75) is 250 Å². The number of pyridine rings is 10. The molecule has 0 bridgehead atoms. The van der Waals surface area contributed by atoms with Crippen LogP contribution in [0.15, 0.2) is 241 Å². The summed E-state index contributed by atoms with van der Waals surface area (Å²) >= 11 is 0. The summed E-state index contributed by atoms with van der Waals surface area (Å²) in [6.45, 7) is 20.8. The highest BCUT2D eigenvalue weighted by molar-refractivity contribution is 6.13. The molecule has 5 aromatic carbocycles. The maximum Gasteiger partial charge on any atom is 0.227 e. The first-order valence-corrected chi connectivity index (χ1v) is 48.6. The number of rotatable bonds is 14. The van der Waals surface area contributed by atoms with Crippen LogP contribution in [0.4, 0.5) is 0 Å². The third-order valence-electron chi connectivity index (χ3n) is 26.8. The Hall–Kier alpha value is -13.8. The molecule has 15 heteroatoms. The van der Waals surface area contributed by atoms with Crippen LogP contribution in [0.3, 0.4) is 0 Å². The minimum atomic E-state index is -2.68. The summed E-state index contributed by atoms with van der Waals surface area (Å²) in [5.74, 6) is -3.32. The lowest BCUT2D eigenvalue weighted by molar-refractivity contribution is -0.661. The van der Waals surface area contributed by atoms with Crippen molar-refractivity contribution in [1.82, 2.24) is 24.9 Å². The van der Waals surface area contributed by atoms with Crippen molar-refractivity contribution in [2.75, 3.05) is 0 Å². The van der Waals surface area contributed by atoms with E-state index in [0.717, 1.165) is 161 Å². The van der Waals surface area contributed by atoms with E-state index in [0.29, 0.717) is 111 Å². The lowest BCUT2D eigenvalue weighted by Gasteiger charge is -2.20. The van der Waals surface area contributed by atoms with E-state index in [2.05, 4.69) is 211 Å². The molecule has 15 aromatic heterocycles. The fraction of sp³-hybridized carbons (Fsp3) is 0.349. The van der Waals surface area contributed by atoms with Crippen LogP contribution in [0.2, 0.25) is 0 Å². The molecule has 720 valence electrons. The maximum absolute atomic E-state index is 9.01. The minimum Gasteiger partial charge on any atom is -0.437 e. The largest absolute Gasteiger partial charge is 0.437 e. The molecular weight excluding hydrogens is 1730 g/mol. The highest BCUT2D eigenvalue weighted by atomic mass is 16.4. The molecule has 0 radical (unpaired) electrons. The number of terminal acetylenes is 1. The van der Waals surface area contributed by atoms with Crippen molar-refractivity contribution >= 4 is 110 Å². The van der Waals surface area contributed by atoms with E-state index in [1.54, 1.807) is 55.7 Å². The second kappa shape index (κ2) is 41.5. The van der Waals surface area contributed by atoms with Gasteiger partial charge in [-0.2, -0.15) is 0 Å². The molecule has 2 fully saturated rings. The van der Waals surface area contributed by atoms with Gasteiger partial charge in [0.25, 0.3) is 0 Å². The Morgan fingerprint density at radius 2 is 0.688 bits per heavy atom.